The van der Waals surface area contributed by atoms with Crippen LogP contribution in [0.25, 0.3) is 32.8 Å². The molecule has 26 heteroatoms. The number of aromatic nitrogens is 2. The summed E-state index contributed by atoms with van der Waals surface area (Å²) in [5.41, 5.74) is 3.19. The average Bonchev–Trinajstić information content (AvgIpc) is 1.19. The minimum absolute atomic E-state index is 0.00380. The number of urea groups is 1. The summed E-state index contributed by atoms with van der Waals surface area (Å²) in [6.07, 6.45) is 0.457. The normalized spacial score (nSPS) is 15.1. The van der Waals surface area contributed by atoms with Gasteiger partial charge in [0.2, 0.25) is 17.8 Å². The number of amides is 5. The van der Waals surface area contributed by atoms with Crippen molar-refractivity contribution < 1.29 is 71.3 Å². The number of hydrogen-bond acceptors (Lipinski definition) is 19. The van der Waals surface area contributed by atoms with E-state index in [4.69, 9.17) is 70.8 Å². The van der Waals surface area contributed by atoms with Crippen LogP contribution in [-0.2, 0) is 60.6 Å². The van der Waals surface area contributed by atoms with Crippen molar-refractivity contribution in [3.05, 3.63) is 111 Å². The number of ether oxygens (including phenoxy) is 9. The molecular formula is C61H72Cl2FN9O14. The van der Waals surface area contributed by atoms with Crippen LogP contribution in [0.5, 0.6) is 11.5 Å². The number of anilines is 3. The van der Waals surface area contributed by atoms with Crippen molar-refractivity contribution in [1.82, 2.24) is 30.8 Å². The number of imide groups is 1. The molecule has 0 aliphatic carbocycles. The summed E-state index contributed by atoms with van der Waals surface area (Å²) < 4.78 is 67.4. The molecular weight excluding hydrogens is 1170 g/mol. The van der Waals surface area contributed by atoms with Crippen LogP contribution >= 0.6 is 23.2 Å². The topological polar surface area (TPSA) is 264 Å². The van der Waals surface area contributed by atoms with Gasteiger partial charge < -0.3 is 78.8 Å². The van der Waals surface area contributed by atoms with Crippen molar-refractivity contribution in [3.63, 3.8) is 0 Å². The van der Waals surface area contributed by atoms with E-state index in [-0.39, 0.29) is 72.2 Å². The number of piperidine rings is 1. The molecule has 6 N–H and O–H groups in total. The fourth-order valence-electron chi connectivity index (χ4n) is 10.0. The zero-order valence-electron chi connectivity index (χ0n) is 48.1. The van der Waals surface area contributed by atoms with Crippen molar-refractivity contribution in [2.24, 2.45) is 0 Å². The number of carbonyl (C=O) groups is 4. The van der Waals surface area contributed by atoms with Gasteiger partial charge in [-0.2, -0.15) is 4.98 Å². The number of benzene rings is 5. The summed E-state index contributed by atoms with van der Waals surface area (Å²) in [7, 11) is 0. The Kier molecular flexibility index (Phi) is 24.7. The number of aromatic hydroxyl groups is 1. The molecule has 23 nitrogen and oxygen atoms in total. The number of hydrogen-bond donors (Lipinski definition) is 6. The quantitative estimate of drug-likeness (QED) is 0.0178. The molecule has 1 aromatic heterocycles. The van der Waals surface area contributed by atoms with Crippen molar-refractivity contribution in [3.8, 4) is 22.6 Å². The molecule has 466 valence electrons. The maximum Gasteiger partial charge on any atom is 0.319 e. The second-order valence-electron chi connectivity index (χ2n) is 20.3. The summed E-state index contributed by atoms with van der Waals surface area (Å²) in [6, 6.07) is 21.3. The lowest BCUT2D eigenvalue weighted by atomic mass is 9.96. The summed E-state index contributed by atoms with van der Waals surface area (Å²) in [5, 5.41) is 27.5. The Hall–Kier alpha value is -7.07. The van der Waals surface area contributed by atoms with E-state index >= 15 is 4.39 Å². The lowest BCUT2D eigenvalue weighted by molar-refractivity contribution is -0.136. The predicted molar refractivity (Wildman–Crippen MR) is 325 cm³/mol. The van der Waals surface area contributed by atoms with E-state index in [1.807, 2.05) is 30.3 Å². The summed E-state index contributed by atoms with van der Waals surface area (Å²) in [6.45, 7) is 10.2. The molecule has 1 unspecified atom stereocenters. The van der Waals surface area contributed by atoms with E-state index < -0.39 is 23.8 Å². The highest BCUT2D eigenvalue weighted by molar-refractivity contribution is 6.35. The van der Waals surface area contributed by atoms with Gasteiger partial charge in [0.05, 0.1) is 111 Å². The third-order valence-electron chi connectivity index (χ3n) is 14.2. The summed E-state index contributed by atoms with van der Waals surface area (Å²) in [4.78, 5) is 62.7. The van der Waals surface area contributed by atoms with E-state index in [2.05, 4.69) is 36.5 Å². The smallest absolute Gasteiger partial charge is 0.319 e. The Labute approximate surface area is 512 Å². The first-order valence-corrected chi connectivity index (χ1v) is 29.7. The minimum Gasteiger partial charge on any atom is -0.508 e. The number of nitrogens with one attached hydrogen (secondary N) is 5. The SMILES string of the molecule is O=C1CCC(N2Cc3cc(CNC(=O)Nc4cc(Cl)cc(OCCOCCOCCOCCOCCOCCOCCOCCOCCNc5nc(N6CCNCC6)c6cc(Cl)c(-c7cc(O)cc8ccccc78)c(F)c6n5)c4)ccc3C2=O)C(=O)N1. The molecule has 0 bridgehead atoms. The van der Waals surface area contributed by atoms with Gasteiger partial charge in [-0.3, -0.25) is 19.7 Å². The fourth-order valence-corrected chi connectivity index (χ4v) is 10.6. The van der Waals surface area contributed by atoms with Gasteiger partial charge in [-0.05, 0) is 70.3 Å². The molecule has 2 fully saturated rings. The van der Waals surface area contributed by atoms with Crippen molar-refractivity contribution in [1.29, 1.82) is 0 Å². The second-order valence-corrected chi connectivity index (χ2v) is 21.2. The summed E-state index contributed by atoms with van der Waals surface area (Å²) in [5.74, 6) is -0.370. The number of fused-ring (bicyclic) bond motifs is 3. The lowest BCUT2D eigenvalue weighted by Crippen LogP contribution is -2.52. The number of phenols is 1. The Bertz CT molecular complexity index is 3310. The van der Waals surface area contributed by atoms with Gasteiger partial charge >= 0.3 is 6.03 Å². The molecule has 0 radical (unpaired) electrons. The number of rotatable bonds is 35. The van der Waals surface area contributed by atoms with E-state index in [1.165, 1.54) is 11.0 Å². The fraction of sp³-hybridized carbons (Fsp3) is 0.443. The van der Waals surface area contributed by atoms with Gasteiger partial charge in [-0.1, -0.05) is 59.6 Å². The van der Waals surface area contributed by atoms with Crippen molar-refractivity contribution in [2.45, 2.75) is 32.0 Å². The van der Waals surface area contributed by atoms with Crippen LogP contribution in [0, 0.1) is 5.82 Å². The number of halogens is 3. The second kappa shape index (κ2) is 33.3. The van der Waals surface area contributed by atoms with E-state index in [0.29, 0.717) is 164 Å². The molecule has 3 aliphatic heterocycles. The van der Waals surface area contributed by atoms with Gasteiger partial charge in [0.25, 0.3) is 5.91 Å². The third kappa shape index (κ3) is 18.7. The van der Waals surface area contributed by atoms with E-state index in [1.54, 1.807) is 42.5 Å². The Balaban J connectivity index is 0.535. The molecule has 1 atom stereocenters. The van der Waals surface area contributed by atoms with E-state index in [0.717, 1.165) is 35.0 Å². The maximum absolute atomic E-state index is 16.7. The van der Waals surface area contributed by atoms with Crippen LogP contribution in [0.2, 0.25) is 10.0 Å². The molecule has 6 aromatic rings. The van der Waals surface area contributed by atoms with Gasteiger partial charge in [-0.25, -0.2) is 14.2 Å². The number of phenolic OH excluding ortho intramolecular Hbond substituents is 1. The Morgan fingerprint density at radius 1 is 0.701 bits per heavy atom. The first-order chi connectivity index (χ1) is 42.5. The minimum atomic E-state index is -0.702. The predicted octanol–water partition coefficient (Wildman–Crippen LogP) is 6.72. The monoisotopic (exact) mass is 1240 g/mol. The van der Waals surface area contributed by atoms with Crippen LogP contribution in [0.1, 0.15) is 34.3 Å². The maximum atomic E-state index is 16.7. The highest BCUT2D eigenvalue weighted by atomic mass is 35.5. The molecule has 0 spiro atoms. The van der Waals surface area contributed by atoms with Gasteiger partial charge in [0.15, 0.2) is 5.82 Å². The molecule has 0 saturated carbocycles. The van der Waals surface area contributed by atoms with Crippen molar-refractivity contribution in [2.75, 3.05) is 161 Å². The van der Waals surface area contributed by atoms with Gasteiger partial charge in [-0.15, -0.1) is 0 Å². The Morgan fingerprint density at radius 3 is 1.99 bits per heavy atom. The van der Waals surface area contributed by atoms with Crippen LogP contribution in [0.4, 0.5) is 26.6 Å². The number of carbonyl (C=O) groups excluding carboxylic acids is 4. The highest BCUT2D eigenvalue weighted by Gasteiger charge is 2.39. The number of piperazine rings is 1. The molecule has 2 saturated heterocycles. The third-order valence-corrected chi connectivity index (χ3v) is 14.7. The van der Waals surface area contributed by atoms with Crippen LogP contribution in [-0.4, -0.2) is 195 Å². The molecule has 87 heavy (non-hydrogen) atoms. The van der Waals surface area contributed by atoms with Crippen LogP contribution in [0.3, 0.4) is 0 Å². The Morgan fingerprint density at radius 2 is 1.33 bits per heavy atom. The molecule has 4 heterocycles. The first kappa shape index (κ1) is 64.4. The van der Waals surface area contributed by atoms with Crippen molar-refractivity contribution >= 4 is 86.1 Å². The standard InChI is InChI=1S/C61H72Cl2FN9O14/c62-43-33-44(68-61(78)67-38-40-5-6-48-42(31-40)39-73(59(48)77)52-7-8-53(75)69-58(52)76)35-46(34-43)87-30-29-86-28-27-85-26-25-84-24-23-83-22-21-82-20-19-81-18-17-80-16-15-79-14-11-66-60-70-56-50(57(71-60)72-12-9-65-10-13-72)37-51(63)54(55(56)64)49-36-45(74)32-41-3-1-2-4-47(41)49/h1-6,31-37,52,65,74H,7-30,38-39H2,(H,66,70,71)(H2,67,68,78)(H,69,75,76). The summed E-state index contributed by atoms with van der Waals surface area (Å²) >= 11 is 13.1. The lowest BCUT2D eigenvalue weighted by Gasteiger charge is -2.29. The average molecular weight is 1250 g/mol. The highest BCUT2D eigenvalue weighted by Crippen LogP contribution is 2.42. The zero-order chi connectivity index (χ0) is 60.7. The van der Waals surface area contributed by atoms with Crippen LogP contribution in [0.15, 0.2) is 78.9 Å². The zero-order valence-corrected chi connectivity index (χ0v) is 49.7. The van der Waals surface area contributed by atoms with Gasteiger partial charge in [0, 0.05) is 85.5 Å². The molecule has 3 aliphatic rings. The largest absolute Gasteiger partial charge is 0.508 e. The van der Waals surface area contributed by atoms with Gasteiger partial charge in [0.1, 0.15) is 35.5 Å². The van der Waals surface area contributed by atoms with Crippen LogP contribution < -0.4 is 36.2 Å². The molecule has 5 aromatic carbocycles. The molecule has 5 amide bonds. The number of nitrogens with zero attached hydrogens (tertiary/aromatic N) is 4. The molecule has 9 rings (SSSR count). The van der Waals surface area contributed by atoms with E-state index in [9.17, 15) is 24.3 Å². The first-order valence-electron chi connectivity index (χ1n) is 29.0.